The van der Waals surface area contributed by atoms with Crippen molar-refractivity contribution < 1.29 is 14.6 Å². The highest BCUT2D eigenvalue weighted by atomic mass is 127. The van der Waals surface area contributed by atoms with E-state index in [1.165, 1.54) is 12.1 Å². The monoisotopic (exact) mass is 602 g/mol. The van der Waals surface area contributed by atoms with E-state index in [1.54, 1.807) is 18.2 Å². The van der Waals surface area contributed by atoms with Crippen LogP contribution in [0.3, 0.4) is 0 Å². The first-order valence-corrected chi connectivity index (χ1v) is 11.7. The predicted molar refractivity (Wildman–Crippen MR) is 138 cm³/mol. The van der Waals surface area contributed by atoms with Crippen molar-refractivity contribution in [2.24, 2.45) is 0 Å². The van der Waals surface area contributed by atoms with Gasteiger partial charge < -0.3 is 15.2 Å². The molecule has 1 amide bonds. The van der Waals surface area contributed by atoms with Crippen LogP contribution in [0.25, 0.3) is 6.08 Å². The van der Waals surface area contributed by atoms with Crippen molar-refractivity contribution in [1.82, 2.24) is 0 Å². The molecule has 0 aliphatic carbocycles. The average molecular weight is 603 g/mol. The number of aromatic hydroxyl groups is 1. The Hall–Kier alpha value is -2.83. The summed E-state index contributed by atoms with van der Waals surface area (Å²) in [6, 6.07) is 19.8. The number of halogens is 2. The summed E-state index contributed by atoms with van der Waals surface area (Å²) in [7, 11) is 0. The summed E-state index contributed by atoms with van der Waals surface area (Å²) in [6.07, 6.45) is 2.23. The van der Waals surface area contributed by atoms with Crippen molar-refractivity contribution >= 4 is 56.2 Å². The third-order valence-corrected chi connectivity index (χ3v) is 6.34. The highest BCUT2D eigenvalue weighted by Crippen LogP contribution is 2.31. The van der Waals surface area contributed by atoms with Gasteiger partial charge in [-0.25, -0.2) is 0 Å². The maximum atomic E-state index is 12.6. The van der Waals surface area contributed by atoms with E-state index in [0.29, 0.717) is 24.3 Å². The highest BCUT2D eigenvalue weighted by molar-refractivity contribution is 14.1. The molecule has 3 aromatic rings. The second-order valence-electron chi connectivity index (χ2n) is 6.85. The Morgan fingerprint density at radius 3 is 2.59 bits per heavy atom. The summed E-state index contributed by atoms with van der Waals surface area (Å²) in [5.74, 6) is 0.292. The first kappa shape index (κ1) is 23.8. The molecule has 3 rings (SSSR count). The van der Waals surface area contributed by atoms with E-state index < -0.39 is 5.91 Å². The van der Waals surface area contributed by atoms with Gasteiger partial charge in [0.25, 0.3) is 5.91 Å². The molecule has 0 aromatic heterocycles. The lowest BCUT2D eigenvalue weighted by Gasteiger charge is -2.15. The molecule has 0 aliphatic rings. The van der Waals surface area contributed by atoms with Crippen LogP contribution >= 0.6 is 38.5 Å². The molecule has 0 heterocycles. The normalized spacial score (nSPS) is 11.0. The van der Waals surface area contributed by atoms with Crippen molar-refractivity contribution in [2.45, 2.75) is 13.3 Å². The van der Waals surface area contributed by atoms with Crippen LogP contribution in [0.5, 0.6) is 11.5 Å². The second kappa shape index (κ2) is 11.2. The van der Waals surface area contributed by atoms with Gasteiger partial charge in [-0.2, -0.15) is 5.26 Å². The van der Waals surface area contributed by atoms with E-state index >= 15 is 0 Å². The van der Waals surface area contributed by atoms with E-state index in [1.807, 2.05) is 43.3 Å². The van der Waals surface area contributed by atoms with Crippen molar-refractivity contribution in [2.75, 3.05) is 11.9 Å². The van der Waals surface area contributed by atoms with E-state index in [2.05, 4.69) is 49.9 Å². The van der Waals surface area contributed by atoms with Gasteiger partial charge in [-0.3, -0.25) is 4.79 Å². The number of anilines is 1. The van der Waals surface area contributed by atoms with Gasteiger partial charge in [-0.15, -0.1) is 0 Å². The zero-order valence-corrected chi connectivity index (χ0v) is 21.0. The number of ether oxygens (including phenoxy) is 1. The average Bonchev–Trinajstić information content (AvgIpc) is 2.77. The number of phenols is 1. The summed E-state index contributed by atoms with van der Waals surface area (Å²) in [5.41, 5.74) is 3.34. The number of rotatable bonds is 7. The Morgan fingerprint density at radius 1 is 1.22 bits per heavy atom. The lowest BCUT2D eigenvalue weighted by Crippen LogP contribution is -2.13. The molecule has 5 nitrogen and oxygen atoms in total. The third kappa shape index (κ3) is 6.11. The summed E-state index contributed by atoms with van der Waals surface area (Å²) in [4.78, 5) is 12.6. The Kier molecular flexibility index (Phi) is 8.31. The standard InChI is InChI=1S/C25H20BrIN2O3/c1-2-32-24-13-16(12-23(27)21(24)14-17-5-3-4-6-22(17)26)11-18(15-28)25(31)29-19-7-9-20(30)10-8-19/h3-13,30H,2,14H2,1H3,(H,29,31)/b18-11+. The molecule has 0 unspecified atom stereocenters. The molecule has 0 bridgehead atoms. The number of phenolic OH excluding ortho intramolecular Hbond substituents is 1. The van der Waals surface area contributed by atoms with E-state index in [-0.39, 0.29) is 11.3 Å². The molecule has 0 aliphatic heterocycles. The number of benzene rings is 3. The third-order valence-electron chi connectivity index (χ3n) is 4.60. The minimum absolute atomic E-state index is 0.0325. The lowest BCUT2D eigenvalue weighted by atomic mass is 10.0. The molecule has 0 atom stereocenters. The molecule has 7 heteroatoms. The van der Waals surface area contributed by atoms with Gasteiger partial charge in [0.1, 0.15) is 23.1 Å². The van der Waals surface area contributed by atoms with Crippen LogP contribution in [0.15, 0.2) is 70.7 Å². The SMILES string of the molecule is CCOc1cc(/C=C(\C#N)C(=O)Nc2ccc(O)cc2)cc(I)c1Cc1ccccc1Br. The van der Waals surface area contributed by atoms with E-state index in [0.717, 1.165) is 24.9 Å². The summed E-state index contributed by atoms with van der Waals surface area (Å²) >= 11 is 5.85. The lowest BCUT2D eigenvalue weighted by molar-refractivity contribution is -0.112. The second-order valence-corrected chi connectivity index (χ2v) is 8.87. The number of nitrogens with zero attached hydrogens (tertiary/aromatic N) is 1. The topological polar surface area (TPSA) is 82.3 Å². The van der Waals surface area contributed by atoms with Crippen LogP contribution < -0.4 is 10.1 Å². The first-order valence-electron chi connectivity index (χ1n) is 9.82. The molecule has 2 N–H and O–H groups in total. The molecule has 0 saturated heterocycles. The Bertz CT molecular complexity index is 1200. The van der Waals surface area contributed by atoms with Gasteiger partial charge in [0.15, 0.2) is 0 Å². The molecule has 0 fully saturated rings. The number of nitriles is 1. The fourth-order valence-electron chi connectivity index (χ4n) is 3.06. The fraction of sp³-hybridized carbons (Fsp3) is 0.120. The van der Waals surface area contributed by atoms with Crippen LogP contribution in [0.1, 0.15) is 23.6 Å². The minimum atomic E-state index is -0.525. The predicted octanol–water partition coefficient (Wildman–Crippen LogP) is 6.29. The maximum absolute atomic E-state index is 12.6. The van der Waals surface area contributed by atoms with Crippen molar-refractivity contribution in [3.63, 3.8) is 0 Å². The van der Waals surface area contributed by atoms with Gasteiger partial charge in [-0.05, 0) is 89.2 Å². The number of amides is 1. The molecule has 3 aromatic carbocycles. The zero-order chi connectivity index (χ0) is 23.1. The summed E-state index contributed by atoms with van der Waals surface area (Å²) < 4.78 is 7.90. The Balaban J connectivity index is 1.91. The van der Waals surface area contributed by atoms with Crippen LogP contribution in [-0.2, 0) is 11.2 Å². The van der Waals surface area contributed by atoms with Gasteiger partial charge in [-0.1, -0.05) is 34.1 Å². The molecule has 162 valence electrons. The molecular formula is C25H20BrIN2O3. The molecular weight excluding hydrogens is 583 g/mol. The quantitative estimate of drug-likeness (QED) is 0.144. The van der Waals surface area contributed by atoms with Crippen molar-refractivity contribution in [1.29, 1.82) is 5.26 Å². The van der Waals surface area contributed by atoms with Crippen LogP contribution in [0.2, 0.25) is 0 Å². The number of carbonyl (C=O) groups is 1. The van der Waals surface area contributed by atoms with E-state index in [4.69, 9.17) is 4.74 Å². The number of hydrogen-bond donors (Lipinski definition) is 2. The molecule has 0 spiro atoms. The van der Waals surface area contributed by atoms with Crippen LogP contribution in [-0.4, -0.2) is 17.6 Å². The smallest absolute Gasteiger partial charge is 0.266 e. The maximum Gasteiger partial charge on any atom is 0.266 e. The van der Waals surface area contributed by atoms with Crippen LogP contribution in [0, 0.1) is 14.9 Å². The van der Waals surface area contributed by atoms with Crippen LogP contribution in [0.4, 0.5) is 5.69 Å². The summed E-state index contributed by atoms with van der Waals surface area (Å²) in [6.45, 7) is 2.42. The Labute approximate surface area is 209 Å². The highest BCUT2D eigenvalue weighted by Gasteiger charge is 2.15. The van der Waals surface area contributed by atoms with Gasteiger partial charge in [0.05, 0.1) is 6.61 Å². The Morgan fingerprint density at radius 2 is 1.94 bits per heavy atom. The largest absolute Gasteiger partial charge is 0.508 e. The van der Waals surface area contributed by atoms with Crippen molar-refractivity contribution in [3.05, 3.63) is 91.0 Å². The number of nitrogens with one attached hydrogen (secondary N) is 1. The van der Waals surface area contributed by atoms with Crippen molar-refractivity contribution in [3.8, 4) is 17.6 Å². The fourth-order valence-corrected chi connectivity index (χ4v) is 4.30. The number of hydrogen-bond acceptors (Lipinski definition) is 4. The first-order chi connectivity index (χ1) is 15.4. The number of carbonyl (C=O) groups excluding carboxylic acids is 1. The molecule has 0 saturated carbocycles. The summed E-state index contributed by atoms with van der Waals surface area (Å²) in [5, 5.41) is 21.6. The molecule has 0 radical (unpaired) electrons. The van der Waals surface area contributed by atoms with Gasteiger partial charge in [0.2, 0.25) is 0 Å². The molecule has 32 heavy (non-hydrogen) atoms. The van der Waals surface area contributed by atoms with E-state index in [9.17, 15) is 15.2 Å². The zero-order valence-electron chi connectivity index (χ0n) is 17.2. The van der Waals surface area contributed by atoms with Gasteiger partial charge in [0, 0.05) is 25.7 Å². The van der Waals surface area contributed by atoms with Gasteiger partial charge >= 0.3 is 0 Å². The minimum Gasteiger partial charge on any atom is -0.508 e.